The van der Waals surface area contributed by atoms with Gasteiger partial charge in [-0.3, -0.25) is 9.80 Å². The molecular weight excluding hydrogens is 284 g/mol. The van der Waals surface area contributed by atoms with E-state index in [-0.39, 0.29) is 0 Å². The fraction of sp³-hybridized carbons (Fsp3) is 1.00. The van der Waals surface area contributed by atoms with E-state index in [9.17, 15) is 0 Å². The van der Waals surface area contributed by atoms with Crippen LogP contribution in [-0.2, 0) is 0 Å². The Morgan fingerprint density at radius 1 is 0.696 bits per heavy atom. The van der Waals surface area contributed by atoms with E-state index in [4.69, 9.17) is 0 Å². The van der Waals surface area contributed by atoms with Gasteiger partial charge in [-0.15, -0.1) is 0 Å². The molecule has 3 aliphatic rings. The van der Waals surface area contributed by atoms with E-state index in [1.165, 1.54) is 84.8 Å². The largest absolute Gasteiger partial charge is 0.304 e. The number of rotatable bonds is 5. The van der Waals surface area contributed by atoms with Crippen molar-refractivity contribution in [3.63, 3.8) is 0 Å². The van der Waals surface area contributed by atoms with E-state index in [0.29, 0.717) is 0 Å². The molecule has 23 heavy (non-hydrogen) atoms. The van der Waals surface area contributed by atoms with Gasteiger partial charge in [0.2, 0.25) is 0 Å². The minimum atomic E-state index is 0.861. The molecule has 0 atom stereocenters. The highest BCUT2D eigenvalue weighted by Crippen LogP contribution is 2.23. The third kappa shape index (κ3) is 5.42. The van der Waals surface area contributed by atoms with Crippen LogP contribution in [0.4, 0.5) is 0 Å². The van der Waals surface area contributed by atoms with Crippen LogP contribution in [0.3, 0.4) is 0 Å². The summed E-state index contributed by atoms with van der Waals surface area (Å²) in [5.74, 6) is 0.964. The Morgan fingerprint density at radius 2 is 1.22 bits per heavy atom. The van der Waals surface area contributed by atoms with Crippen LogP contribution in [0, 0.1) is 5.92 Å². The zero-order chi connectivity index (χ0) is 16.7. The molecule has 4 heteroatoms. The minimum Gasteiger partial charge on any atom is -0.304 e. The van der Waals surface area contributed by atoms with E-state index in [2.05, 4.69) is 33.4 Å². The normalized spacial score (nSPS) is 26.6. The molecule has 0 aliphatic carbocycles. The van der Waals surface area contributed by atoms with Gasteiger partial charge in [-0.25, -0.2) is 0 Å². The molecule has 3 saturated heterocycles. The van der Waals surface area contributed by atoms with E-state index in [0.717, 1.165) is 12.0 Å². The molecule has 0 aromatic carbocycles. The SMILES string of the molecule is CC.CCN1CCC(CN2CC(N3CCN(CC)CC3)C2)CC1. The summed E-state index contributed by atoms with van der Waals surface area (Å²) in [4.78, 5) is 10.6. The lowest BCUT2D eigenvalue weighted by molar-refractivity contribution is -0.00565. The van der Waals surface area contributed by atoms with Gasteiger partial charge in [0.05, 0.1) is 0 Å². The van der Waals surface area contributed by atoms with Gasteiger partial charge < -0.3 is 9.80 Å². The van der Waals surface area contributed by atoms with Crippen molar-refractivity contribution in [1.29, 1.82) is 0 Å². The Morgan fingerprint density at radius 3 is 1.74 bits per heavy atom. The van der Waals surface area contributed by atoms with Crippen molar-refractivity contribution in [1.82, 2.24) is 19.6 Å². The number of likely N-dealkylation sites (tertiary alicyclic amines) is 2. The number of hydrogen-bond donors (Lipinski definition) is 0. The number of piperazine rings is 1. The summed E-state index contributed by atoms with van der Waals surface area (Å²) in [6.07, 6.45) is 2.84. The fourth-order valence-electron chi connectivity index (χ4n) is 4.22. The highest BCUT2D eigenvalue weighted by Gasteiger charge is 2.34. The van der Waals surface area contributed by atoms with Gasteiger partial charge in [0.25, 0.3) is 0 Å². The topological polar surface area (TPSA) is 13.0 Å². The lowest BCUT2D eigenvalue weighted by Crippen LogP contribution is -2.63. The van der Waals surface area contributed by atoms with E-state index in [1.54, 1.807) is 0 Å². The predicted octanol–water partition coefficient (Wildman–Crippen LogP) is 2.07. The van der Waals surface area contributed by atoms with Gasteiger partial charge in [0.15, 0.2) is 0 Å². The molecular formula is C19H40N4. The second-order valence-electron chi connectivity index (χ2n) is 7.22. The first-order valence-electron chi connectivity index (χ1n) is 10.2. The van der Waals surface area contributed by atoms with Crippen LogP contribution in [0.5, 0.6) is 0 Å². The maximum absolute atomic E-state index is 2.74. The molecule has 0 amide bonds. The molecule has 136 valence electrons. The lowest BCUT2D eigenvalue weighted by Gasteiger charge is -2.49. The molecule has 3 rings (SSSR count). The van der Waals surface area contributed by atoms with Crippen LogP contribution in [0.1, 0.15) is 40.5 Å². The van der Waals surface area contributed by atoms with Gasteiger partial charge in [-0.1, -0.05) is 27.7 Å². The van der Waals surface area contributed by atoms with Crippen molar-refractivity contribution in [3.8, 4) is 0 Å². The lowest BCUT2D eigenvalue weighted by atomic mass is 9.94. The zero-order valence-electron chi connectivity index (χ0n) is 16.1. The Hall–Kier alpha value is -0.160. The molecule has 0 saturated carbocycles. The Labute approximate surface area is 144 Å². The first-order valence-corrected chi connectivity index (χ1v) is 10.2. The predicted molar refractivity (Wildman–Crippen MR) is 100 cm³/mol. The van der Waals surface area contributed by atoms with Crippen molar-refractivity contribution in [2.75, 3.05) is 72.0 Å². The summed E-state index contributed by atoms with van der Waals surface area (Å²) in [6.45, 7) is 22.9. The molecule has 3 fully saturated rings. The van der Waals surface area contributed by atoms with Crippen LogP contribution in [-0.4, -0.2) is 97.6 Å². The molecule has 0 aromatic heterocycles. The standard InChI is InChI=1S/C17H34N4.C2H6/c1-3-18-7-5-16(6-8-18)13-20-14-17(15-20)21-11-9-19(4-2)10-12-21;1-2/h16-17H,3-15H2,1-2H3;1-2H3. The minimum absolute atomic E-state index is 0.861. The molecule has 0 unspecified atom stereocenters. The monoisotopic (exact) mass is 324 g/mol. The molecule has 4 nitrogen and oxygen atoms in total. The van der Waals surface area contributed by atoms with Crippen LogP contribution in [0.15, 0.2) is 0 Å². The first-order chi connectivity index (χ1) is 11.3. The van der Waals surface area contributed by atoms with E-state index >= 15 is 0 Å². The maximum atomic E-state index is 2.74. The third-order valence-corrected chi connectivity index (χ3v) is 5.98. The van der Waals surface area contributed by atoms with Crippen LogP contribution in [0.2, 0.25) is 0 Å². The first kappa shape index (κ1) is 19.2. The molecule has 0 spiro atoms. The molecule has 0 aromatic rings. The summed E-state index contributed by atoms with van der Waals surface area (Å²) in [5, 5.41) is 0. The van der Waals surface area contributed by atoms with Crippen LogP contribution < -0.4 is 0 Å². The average molecular weight is 325 g/mol. The van der Waals surface area contributed by atoms with Crippen LogP contribution in [0.25, 0.3) is 0 Å². The zero-order valence-corrected chi connectivity index (χ0v) is 16.1. The fourth-order valence-corrected chi connectivity index (χ4v) is 4.22. The van der Waals surface area contributed by atoms with Crippen molar-refractivity contribution < 1.29 is 0 Å². The highest BCUT2D eigenvalue weighted by atomic mass is 15.3. The van der Waals surface area contributed by atoms with Gasteiger partial charge >= 0.3 is 0 Å². The molecule has 3 aliphatic heterocycles. The molecule has 0 radical (unpaired) electrons. The number of likely N-dealkylation sites (N-methyl/N-ethyl adjacent to an activating group) is 1. The van der Waals surface area contributed by atoms with Crippen molar-refractivity contribution >= 4 is 0 Å². The highest BCUT2D eigenvalue weighted by molar-refractivity contribution is 4.91. The summed E-state index contributed by atoms with van der Waals surface area (Å²) in [6, 6.07) is 0.861. The number of piperidine rings is 1. The van der Waals surface area contributed by atoms with Crippen molar-refractivity contribution in [2.24, 2.45) is 5.92 Å². The summed E-state index contributed by atoms with van der Waals surface area (Å²) < 4.78 is 0. The van der Waals surface area contributed by atoms with Gasteiger partial charge in [-0.2, -0.15) is 0 Å². The second-order valence-corrected chi connectivity index (χ2v) is 7.22. The number of nitrogens with zero attached hydrogens (tertiary/aromatic N) is 4. The summed E-state index contributed by atoms with van der Waals surface area (Å²) in [5.41, 5.74) is 0. The number of hydrogen-bond acceptors (Lipinski definition) is 4. The molecule has 0 N–H and O–H groups in total. The second kappa shape index (κ2) is 9.97. The van der Waals surface area contributed by atoms with E-state index < -0.39 is 0 Å². The van der Waals surface area contributed by atoms with Gasteiger partial charge in [0, 0.05) is 51.9 Å². The molecule has 0 bridgehead atoms. The molecule has 3 heterocycles. The maximum Gasteiger partial charge on any atom is 0.0351 e. The average Bonchev–Trinajstić information content (AvgIpc) is 2.60. The van der Waals surface area contributed by atoms with Crippen LogP contribution >= 0.6 is 0 Å². The summed E-state index contributed by atoms with van der Waals surface area (Å²) in [7, 11) is 0. The van der Waals surface area contributed by atoms with Crippen molar-refractivity contribution in [2.45, 2.75) is 46.6 Å². The Balaban J connectivity index is 0.000000924. The Bertz CT molecular complexity index is 300. The van der Waals surface area contributed by atoms with Crippen molar-refractivity contribution in [3.05, 3.63) is 0 Å². The Kier molecular flexibility index (Phi) is 8.31. The van der Waals surface area contributed by atoms with Gasteiger partial charge in [0.1, 0.15) is 0 Å². The third-order valence-electron chi connectivity index (χ3n) is 5.98. The van der Waals surface area contributed by atoms with E-state index in [1.807, 2.05) is 13.8 Å². The smallest absolute Gasteiger partial charge is 0.0351 e. The summed E-state index contributed by atoms with van der Waals surface area (Å²) >= 11 is 0. The van der Waals surface area contributed by atoms with Gasteiger partial charge in [-0.05, 0) is 44.9 Å². The quantitative estimate of drug-likeness (QED) is 0.767.